The molecule has 19 heavy (non-hydrogen) atoms. The van der Waals surface area contributed by atoms with Gasteiger partial charge in [0.2, 0.25) is 0 Å². The van der Waals surface area contributed by atoms with Gasteiger partial charge < -0.3 is 4.74 Å². The molecule has 0 unspecified atom stereocenters. The predicted octanol–water partition coefficient (Wildman–Crippen LogP) is 2.91. The summed E-state index contributed by atoms with van der Waals surface area (Å²) in [5.74, 6) is 0.836. The van der Waals surface area contributed by atoms with E-state index in [1.54, 1.807) is 0 Å². The fraction of sp³-hybridized carbons (Fsp3) is 0.188. The first-order valence-electron chi connectivity index (χ1n) is 6.27. The van der Waals surface area contributed by atoms with E-state index in [2.05, 4.69) is 23.1 Å². The average molecular weight is 250 g/mol. The Morgan fingerprint density at radius 2 is 2.00 bits per heavy atom. The molecule has 2 aromatic carbocycles. The Morgan fingerprint density at radius 1 is 1.16 bits per heavy atom. The van der Waals surface area contributed by atoms with Gasteiger partial charge in [-0.2, -0.15) is 5.26 Å². The second-order valence-corrected chi connectivity index (χ2v) is 4.68. The van der Waals surface area contributed by atoms with Crippen LogP contribution < -0.4 is 4.74 Å². The molecule has 3 rings (SSSR count). The Balaban J connectivity index is 1.74. The van der Waals surface area contributed by atoms with Gasteiger partial charge in [0, 0.05) is 18.7 Å². The largest absolute Gasteiger partial charge is 0.478 e. The van der Waals surface area contributed by atoms with Crippen molar-refractivity contribution in [2.45, 2.75) is 13.1 Å². The van der Waals surface area contributed by atoms with Crippen LogP contribution in [0.5, 0.6) is 5.75 Å². The average Bonchev–Trinajstić information content (AvgIpc) is 2.48. The first kappa shape index (κ1) is 11.8. The molecule has 1 aliphatic rings. The zero-order chi connectivity index (χ0) is 13.1. The molecular weight excluding hydrogens is 236 g/mol. The molecule has 0 radical (unpaired) electrons. The lowest BCUT2D eigenvalue weighted by molar-refractivity contribution is 0.0887. The van der Waals surface area contributed by atoms with Crippen LogP contribution in [0, 0.1) is 11.3 Å². The second kappa shape index (κ2) is 5.13. The SMILES string of the molecule is N#Cc1ccc2c(c1)OCN(Cc1ccccc1)C2. The van der Waals surface area contributed by atoms with Crippen molar-refractivity contribution in [3.63, 3.8) is 0 Å². The van der Waals surface area contributed by atoms with E-state index < -0.39 is 0 Å². The molecule has 0 saturated carbocycles. The molecule has 0 bridgehead atoms. The summed E-state index contributed by atoms with van der Waals surface area (Å²) in [6, 6.07) is 18.1. The molecule has 0 aliphatic carbocycles. The van der Waals surface area contributed by atoms with Crippen LogP contribution in [-0.4, -0.2) is 11.6 Å². The molecule has 3 heteroatoms. The maximum absolute atomic E-state index is 8.87. The van der Waals surface area contributed by atoms with Gasteiger partial charge in [0.1, 0.15) is 12.5 Å². The van der Waals surface area contributed by atoms with Crippen molar-refractivity contribution in [1.29, 1.82) is 5.26 Å². The highest BCUT2D eigenvalue weighted by Gasteiger charge is 2.17. The summed E-state index contributed by atoms with van der Waals surface area (Å²) in [6.07, 6.45) is 0. The molecule has 0 saturated heterocycles. The molecule has 1 aliphatic heterocycles. The zero-order valence-corrected chi connectivity index (χ0v) is 10.5. The third kappa shape index (κ3) is 2.59. The maximum Gasteiger partial charge on any atom is 0.142 e. The van der Waals surface area contributed by atoms with E-state index in [1.165, 1.54) is 5.56 Å². The van der Waals surface area contributed by atoms with Crippen molar-refractivity contribution in [3.05, 3.63) is 65.2 Å². The highest BCUT2D eigenvalue weighted by atomic mass is 16.5. The van der Waals surface area contributed by atoms with Crippen molar-refractivity contribution < 1.29 is 4.74 Å². The van der Waals surface area contributed by atoms with Crippen LogP contribution in [0.15, 0.2) is 48.5 Å². The van der Waals surface area contributed by atoms with Crippen LogP contribution in [0.4, 0.5) is 0 Å². The van der Waals surface area contributed by atoms with Crippen LogP contribution in [0.1, 0.15) is 16.7 Å². The normalized spacial score (nSPS) is 14.3. The van der Waals surface area contributed by atoms with Gasteiger partial charge in [0.05, 0.1) is 11.6 Å². The lowest BCUT2D eigenvalue weighted by Crippen LogP contribution is -2.31. The molecular formula is C16H14N2O. The fourth-order valence-corrected chi connectivity index (χ4v) is 2.28. The maximum atomic E-state index is 8.87. The summed E-state index contributed by atoms with van der Waals surface area (Å²) in [5.41, 5.74) is 3.07. The number of benzene rings is 2. The van der Waals surface area contributed by atoms with Gasteiger partial charge in [-0.25, -0.2) is 0 Å². The minimum atomic E-state index is 0.566. The first-order chi connectivity index (χ1) is 9.35. The van der Waals surface area contributed by atoms with E-state index >= 15 is 0 Å². The number of rotatable bonds is 2. The van der Waals surface area contributed by atoms with Gasteiger partial charge in [-0.3, -0.25) is 4.90 Å². The topological polar surface area (TPSA) is 36.3 Å². The molecule has 1 heterocycles. The Hall–Kier alpha value is -2.31. The summed E-state index contributed by atoms with van der Waals surface area (Å²) >= 11 is 0. The predicted molar refractivity (Wildman–Crippen MR) is 72.3 cm³/mol. The van der Waals surface area contributed by atoms with E-state index in [0.717, 1.165) is 24.4 Å². The molecule has 0 aromatic heterocycles. The number of fused-ring (bicyclic) bond motifs is 1. The number of nitrogens with zero attached hydrogens (tertiary/aromatic N) is 2. The van der Waals surface area contributed by atoms with E-state index in [1.807, 2.05) is 36.4 Å². The summed E-state index contributed by atoms with van der Waals surface area (Å²) in [5, 5.41) is 8.87. The van der Waals surface area contributed by atoms with Crippen LogP contribution in [0.2, 0.25) is 0 Å². The zero-order valence-electron chi connectivity index (χ0n) is 10.5. The number of hydrogen-bond acceptors (Lipinski definition) is 3. The van der Waals surface area contributed by atoms with Crippen molar-refractivity contribution >= 4 is 0 Å². The number of ether oxygens (including phenoxy) is 1. The van der Waals surface area contributed by atoms with E-state index in [-0.39, 0.29) is 0 Å². The molecule has 0 fully saturated rings. The molecule has 2 aromatic rings. The Bertz CT molecular complexity index is 616. The van der Waals surface area contributed by atoms with Crippen LogP contribution >= 0.6 is 0 Å². The molecule has 94 valence electrons. The molecule has 0 atom stereocenters. The molecule has 0 N–H and O–H groups in total. The van der Waals surface area contributed by atoms with Gasteiger partial charge in [-0.1, -0.05) is 36.4 Å². The summed E-state index contributed by atoms with van der Waals surface area (Å²) in [4.78, 5) is 2.24. The molecule has 0 spiro atoms. The minimum absolute atomic E-state index is 0.566. The first-order valence-corrected chi connectivity index (χ1v) is 6.27. The number of hydrogen-bond donors (Lipinski definition) is 0. The van der Waals surface area contributed by atoms with Gasteiger partial charge in [-0.15, -0.1) is 0 Å². The van der Waals surface area contributed by atoms with Gasteiger partial charge in [0.15, 0.2) is 0 Å². The smallest absolute Gasteiger partial charge is 0.142 e. The minimum Gasteiger partial charge on any atom is -0.478 e. The van der Waals surface area contributed by atoms with E-state index in [4.69, 9.17) is 10.00 Å². The summed E-state index contributed by atoms with van der Waals surface area (Å²) in [6.45, 7) is 2.30. The summed E-state index contributed by atoms with van der Waals surface area (Å²) in [7, 11) is 0. The highest BCUT2D eigenvalue weighted by molar-refractivity contribution is 5.43. The Kier molecular flexibility index (Phi) is 3.18. The molecule has 0 amide bonds. The Labute approximate surface area is 112 Å². The van der Waals surface area contributed by atoms with Gasteiger partial charge >= 0.3 is 0 Å². The highest BCUT2D eigenvalue weighted by Crippen LogP contribution is 2.26. The van der Waals surface area contributed by atoms with Gasteiger partial charge in [-0.05, 0) is 17.7 Å². The lowest BCUT2D eigenvalue weighted by atomic mass is 10.1. The van der Waals surface area contributed by atoms with Crippen LogP contribution in [0.3, 0.4) is 0 Å². The van der Waals surface area contributed by atoms with Crippen molar-refractivity contribution in [3.8, 4) is 11.8 Å². The van der Waals surface area contributed by atoms with E-state index in [9.17, 15) is 0 Å². The van der Waals surface area contributed by atoms with Crippen LogP contribution in [-0.2, 0) is 13.1 Å². The summed E-state index contributed by atoms with van der Waals surface area (Å²) < 4.78 is 5.73. The monoisotopic (exact) mass is 250 g/mol. The van der Waals surface area contributed by atoms with E-state index in [0.29, 0.717) is 12.3 Å². The fourth-order valence-electron chi connectivity index (χ4n) is 2.28. The van der Waals surface area contributed by atoms with Crippen LogP contribution in [0.25, 0.3) is 0 Å². The Morgan fingerprint density at radius 3 is 2.79 bits per heavy atom. The second-order valence-electron chi connectivity index (χ2n) is 4.68. The molecule has 3 nitrogen and oxygen atoms in total. The van der Waals surface area contributed by atoms with Crippen molar-refractivity contribution in [2.24, 2.45) is 0 Å². The van der Waals surface area contributed by atoms with Crippen molar-refractivity contribution in [2.75, 3.05) is 6.73 Å². The standard InChI is InChI=1S/C16H14N2O/c17-9-14-6-7-15-11-18(12-19-16(15)8-14)10-13-4-2-1-3-5-13/h1-8H,10-12H2. The lowest BCUT2D eigenvalue weighted by Gasteiger charge is -2.29. The quantitative estimate of drug-likeness (QED) is 0.822. The third-order valence-electron chi connectivity index (χ3n) is 3.24. The van der Waals surface area contributed by atoms with Gasteiger partial charge in [0.25, 0.3) is 0 Å². The number of nitriles is 1. The van der Waals surface area contributed by atoms with Crippen molar-refractivity contribution in [1.82, 2.24) is 4.90 Å². The third-order valence-corrected chi connectivity index (χ3v) is 3.24.